The highest BCUT2D eigenvalue weighted by Gasteiger charge is 2.49. The highest BCUT2D eigenvalue weighted by molar-refractivity contribution is 5.87. The maximum Gasteiger partial charge on any atom is 0.329 e. The lowest BCUT2D eigenvalue weighted by molar-refractivity contribution is -0.148. The molecule has 5 nitrogen and oxygen atoms in total. The van der Waals surface area contributed by atoms with Gasteiger partial charge in [0.15, 0.2) is 0 Å². The summed E-state index contributed by atoms with van der Waals surface area (Å²) >= 11 is 0. The Hall–Kier alpha value is -1.26. The summed E-state index contributed by atoms with van der Waals surface area (Å²) in [5.74, 6) is -0.879. The van der Waals surface area contributed by atoms with Crippen molar-refractivity contribution in [3.63, 3.8) is 0 Å². The van der Waals surface area contributed by atoms with Gasteiger partial charge < -0.3 is 15.3 Å². The Balaban J connectivity index is 2.01. The fourth-order valence-corrected chi connectivity index (χ4v) is 2.69. The van der Waals surface area contributed by atoms with Gasteiger partial charge in [0.05, 0.1) is 0 Å². The van der Waals surface area contributed by atoms with Crippen molar-refractivity contribution < 1.29 is 14.7 Å². The van der Waals surface area contributed by atoms with E-state index in [-0.39, 0.29) is 11.4 Å². The molecule has 2 rings (SSSR count). The van der Waals surface area contributed by atoms with Crippen LogP contribution in [0.25, 0.3) is 0 Å². The van der Waals surface area contributed by atoms with Gasteiger partial charge in [-0.3, -0.25) is 0 Å². The Morgan fingerprint density at radius 2 is 2.00 bits per heavy atom. The number of aliphatic carboxylic acids is 1. The monoisotopic (exact) mass is 254 g/mol. The number of urea groups is 1. The summed E-state index contributed by atoms with van der Waals surface area (Å²) in [7, 11) is 0. The molecular weight excluding hydrogens is 232 g/mol. The molecule has 1 aliphatic heterocycles. The summed E-state index contributed by atoms with van der Waals surface area (Å²) in [5.41, 5.74) is -0.748. The van der Waals surface area contributed by atoms with E-state index in [1.807, 2.05) is 6.92 Å². The largest absolute Gasteiger partial charge is 0.479 e. The molecule has 0 aromatic carbocycles. The van der Waals surface area contributed by atoms with Crippen LogP contribution < -0.4 is 5.32 Å². The SMILES string of the molecule is CCC1(C(=O)O)CCCN1C(=O)NCC1(C)CC1. The minimum absolute atomic E-state index is 0.218. The number of hydrogen-bond donors (Lipinski definition) is 2. The van der Waals surface area contributed by atoms with Gasteiger partial charge in [-0.15, -0.1) is 0 Å². The van der Waals surface area contributed by atoms with Crippen LogP contribution in [0.4, 0.5) is 4.79 Å². The molecular formula is C13H22N2O3. The van der Waals surface area contributed by atoms with Crippen molar-refractivity contribution in [1.29, 1.82) is 0 Å². The van der Waals surface area contributed by atoms with Gasteiger partial charge in [-0.05, 0) is 37.5 Å². The van der Waals surface area contributed by atoms with Crippen molar-refractivity contribution in [2.45, 2.75) is 51.5 Å². The fraction of sp³-hybridized carbons (Fsp3) is 0.846. The number of carbonyl (C=O) groups excluding carboxylic acids is 1. The topological polar surface area (TPSA) is 69.6 Å². The van der Waals surface area contributed by atoms with Crippen molar-refractivity contribution >= 4 is 12.0 Å². The first kappa shape index (κ1) is 13.2. The molecule has 102 valence electrons. The second-order valence-corrected chi connectivity index (χ2v) is 5.91. The number of rotatable bonds is 4. The summed E-state index contributed by atoms with van der Waals surface area (Å²) in [6.45, 7) is 5.17. The smallest absolute Gasteiger partial charge is 0.329 e. The third-order valence-corrected chi connectivity index (χ3v) is 4.49. The molecule has 0 aromatic rings. The average molecular weight is 254 g/mol. The van der Waals surface area contributed by atoms with Gasteiger partial charge >= 0.3 is 12.0 Å². The minimum Gasteiger partial charge on any atom is -0.479 e. The molecule has 1 saturated carbocycles. The molecule has 0 spiro atoms. The minimum atomic E-state index is -0.992. The molecule has 1 atom stereocenters. The zero-order valence-corrected chi connectivity index (χ0v) is 11.2. The first-order chi connectivity index (χ1) is 8.43. The maximum atomic E-state index is 12.2. The lowest BCUT2D eigenvalue weighted by Gasteiger charge is -2.34. The lowest BCUT2D eigenvalue weighted by Crippen LogP contribution is -2.56. The molecule has 1 heterocycles. The molecule has 2 aliphatic rings. The zero-order valence-electron chi connectivity index (χ0n) is 11.2. The van der Waals surface area contributed by atoms with Gasteiger partial charge in [0.25, 0.3) is 0 Å². The van der Waals surface area contributed by atoms with E-state index in [9.17, 15) is 14.7 Å². The Kier molecular flexibility index (Phi) is 3.25. The quantitative estimate of drug-likeness (QED) is 0.804. The first-order valence-electron chi connectivity index (χ1n) is 6.72. The number of nitrogens with one attached hydrogen (secondary N) is 1. The molecule has 0 radical (unpaired) electrons. The first-order valence-corrected chi connectivity index (χ1v) is 6.72. The summed E-state index contributed by atoms with van der Waals surface area (Å²) in [6.07, 6.45) is 4.08. The van der Waals surface area contributed by atoms with Crippen molar-refractivity contribution in [3.8, 4) is 0 Å². The van der Waals surface area contributed by atoms with E-state index in [1.165, 1.54) is 4.90 Å². The summed E-state index contributed by atoms with van der Waals surface area (Å²) < 4.78 is 0. The van der Waals surface area contributed by atoms with Crippen LogP contribution in [0.2, 0.25) is 0 Å². The van der Waals surface area contributed by atoms with Crippen LogP contribution in [0.1, 0.15) is 46.0 Å². The van der Waals surface area contributed by atoms with Crippen LogP contribution in [0.15, 0.2) is 0 Å². The molecule has 2 amide bonds. The molecule has 0 bridgehead atoms. The number of carboxylic acid groups (broad SMARTS) is 1. The lowest BCUT2D eigenvalue weighted by atomic mass is 9.93. The fourth-order valence-electron chi connectivity index (χ4n) is 2.69. The standard InChI is InChI=1S/C13H22N2O3/c1-3-13(10(16)17)5-4-8-15(13)11(18)14-9-12(2)6-7-12/h3-9H2,1-2H3,(H,14,18)(H,16,17). The normalized spacial score (nSPS) is 29.1. The van der Waals surface area contributed by atoms with E-state index < -0.39 is 11.5 Å². The highest BCUT2D eigenvalue weighted by atomic mass is 16.4. The van der Waals surface area contributed by atoms with E-state index in [4.69, 9.17) is 0 Å². The van der Waals surface area contributed by atoms with Crippen LogP contribution in [0, 0.1) is 5.41 Å². The van der Waals surface area contributed by atoms with Gasteiger partial charge in [-0.2, -0.15) is 0 Å². The van der Waals surface area contributed by atoms with Gasteiger partial charge in [0.2, 0.25) is 0 Å². The Labute approximate surface area is 108 Å². The van der Waals surface area contributed by atoms with Gasteiger partial charge in [-0.1, -0.05) is 13.8 Å². The summed E-state index contributed by atoms with van der Waals surface area (Å²) in [4.78, 5) is 25.1. The van der Waals surface area contributed by atoms with E-state index in [0.29, 0.717) is 25.9 Å². The number of hydrogen-bond acceptors (Lipinski definition) is 2. The Morgan fingerprint density at radius 3 is 2.50 bits per heavy atom. The summed E-state index contributed by atoms with van der Waals surface area (Å²) in [6, 6.07) is -0.218. The number of amides is 2. The van der Waals surface area contributed by atoms with Crippen LogP contribution in [-0.4, -0.2) is 40.6 Å². The van der Waals surface area contributed by atoms with E-state index in [2.05, 4.69) is 12.2 Å². The predicted octanol–water partition coefficient (Wildman–Crippen LogP) is 1.83. The van der Waals surface area contributed by atoms with Crippen molar-refractivity contribution in [3.05, 3.63) is 0 Å². The number of likely N-dealkylation sites (tertiary alicyclic amines) is 1. The molecule has 5 heteroatoms. The third-order valence-electron chi connectivity index (χ3n) is 4.49. The second kappa shape index (κ2) is 4.44. The maximum absolute atomic E-state index is 12.2. The molecule has 1 aliphatic carbocycles. The average Bonchev–Trinajstić information content (AvgIpc) is 2.92. The van der Waals surface area contributed by atoms with E-state index >= 15 is 0 Å². The van der Waals surface area contributed by atoms with E-state index in [0.717, 1.165) is 19.3 Å². The third kappa shape index (κ3) is 2.18. The highest BCUT2D eigenvalue weighted by Crippen LogP contribution is 2.44. The summed E-state index contributed by atoms with van der Waals surface area (Å²) in [5, 5.41) is 12.3. The molecule has 18 heavy (non-hydrogen) atoms. The van der Waals surface area contributed by atoms with Crippen LogP contribution >= 0.6 is 0 Å². The molecule has 1 saturated heterocycles. The number of carbonyl (C=O) groups is 2. The van der Waals surface area contributed by atoms with Crippen LogP contribution in [0.5, 0.6) is 0 Å². The van der Waals surface area contributed by atoms with Crippen molar-refractivity contribution in [2.75, 3.05) is 13.1 Å². The van der Waals surface area contributed by atoms with Gasteiger partial charge in [0, 0.05) is 13.1 Å². The van der Waals surface area contributed by atoms with Crippen molar-refractivity contribution in [1.82, 2.24) is 10.2 Å². The molecule has 0 aromatic heterocycles. The zero-order chi connectivity index (χ0) is 13.4. The van der Waals surface area contributed by atoms with Gasteiger partial charge in [-0.25, -0.2) is 9.59 Å². The van der Waals surface area contributed by atoms with Crippen molar-refractivity contribution in [2.24, 2.45) is 5.41 Å². The Morgan fingerprint density at radius 1 is 1.33 bits per heavy atom. The molecule has 2 fully saturated rings. The van der Waals surface area contributed by atoms with Crippen LogP contribution in [-0.2, 0) is 4.79 Å². The molecule has 2 N–H and O–H groups in total. The second-order valence-electron chi connectivity index (χ2n) is 5.91. The van der Waals surface area contributed by atoms with Crippen LogP contribution in [0.3, 0.4) is 0 Å². The number of nitrogens with zero attached hydrogens (tertiary/aromatic N) is 1. The molecule has 1 unspecified atom stereocenters. The Bertz CT molecular complexity index is 365. The predicted molar refractivity (Wildman–Crippen MR) is 67.3 cm³/mol. The number of carboxylic acids is 1. The van der Waals surface area contributed by atoms with E-state index in [1.54, 1.807) is 0 Å². The van der Waals surface area contributed by atoms with Gasteiger partial charge in [0.1, 0.15) is 5.54 Å².